The van der Waals surface area contributed by atoms with E-state index in [9.17, 15) is 9.59 Å². The van der Waals surface area contributed by atoms with E-state index in [1.165, 1.54) is 0 Å². The van der Waals surface area contributed by atoms with Crippen molar-refractivity contribution in [3.8, 4) is 11.3 Å². The van der Waals surface area contributed by atoms with Crippen LogP contribution in [0.15, 0.2) is 89.3 Å². The number of fused-ring (bicyclic) bond motifs is 1. The van der Waals surface area contributed by atoms with E-state index in [0.29, 0.717) is 37.4 Å². The van der Waals surface area contributed by atoms with Crippen LogP contribution in [0.5, 0.6) is 0 Å². The van der Waals surface area contributed by atoms with E-state index >= 15 is 0 Å². The van der Waals surface area contributed by atoms with Gasteiger partial charge in [0, 0.05) is 41.9 Å². The molecule has 36 heavy (non-hydrogen) atoms. The Hall–Kier alpha value is -4.16. The van der Waals surface area contributed by atoms with Crippen LogP contribution in [-0.2, 0) is 29.1 Å². The molecule has 0 fully saturated rings. The van der Waals surface area contributed by atoms with Crippen molar-refractivity contribution in [3.05, 3.63) is 113 Å². The highest BCUT2D eigenvalue weighted by Crippen LogP contribution is 2.30. The number of carbonyl (C=O) groups excluding carboxylic acids is 2. The lowest BCUT2D eigenvalue weighted by molar-refractivity contribution is -0.121. The SMILES string of the molecule is Cc1ccc(C(=O)N2CCc3oc(-c4ccc(NC(=O)COCc5ccccc5)cc4)cc3C2)cc1. The van der Waals surface area contributed by atoms with E-state index in [4.69, 9.17) is 9.15 Å². The van der Waals surface area contributed by atoms with Gasteiger partial charge in [-0.3, -0.25) is 9.59 Å². The first-order valence-electron chi connectivity index (χ1n) is 12.0. The van der Waals surface area contributed by atoms with Gasteiger partial charge in [0.2, 0.25) is 5.91 Å². The minimum atomic E-state index is -0.203. The predicted molar refractivity (Wildman–Crippen MR) is 138 cm³/mol. The van der Waals surface area contributed by atoms with Crippen molar-refractivity contribution in [1.82, 2.24) is 4.90 Å². The maximum atomic E-state index is 12.9. The first kappa shape index (κ1) is 23.6. The molecule has 0 saturated heterocycles. The minimum Gasteiger partial charge on any atom is -0.461 e. The van der Waals surface area contributed by atoms with Crippen molar-refractivity contribution >= 4 is 17.5 Å². The fourth-order valence-corrected chi connectivity index (χ4v) is 4.28. The summed E-state index contributed by atoms with van der Waals surface area (Å²) in [7, 11) is 0. The summed E-state index contributed by atoms with van der Waals surface area (Å²) in [4.78, 5) is 27.0. The van der Waals surface area contributed by atoms with Gasteiger partial charge in [0.05, 0.1) is 6.61 Å². The number of rotatable bonds is 7. The molecule has 2 heterocycles. The van der Waals surface area contributed by atoms with E-state index in [-0.39, 0.29) is 18.4 Å². The van der Waals surface area contributed by atoms with Gasteiger partial charge in [-0.05, 0) is 55.0 Å². The zero-order chi connectivity index (χ0) is 24.9. The number of hydrogen-bond acceptors (Lipinski definition) is 4. The molecule has 0 spiro atoms. The highest BCUT2D eigenvalue weighted by atomic mass is 16.5. The number of benzene rings is 3. The van der Waals surface area contributed by atoms with Gasteiger partial charge >= 0.3 is 0 Å². The second kappa shape index (κ2) is 10.6. The predicted octanol–water partition coefficient (Wildman–Crippen LogP) is 5.61. The first-order valence-corrected chi connectivity index (χ1v) is 12.0. The molecule has 0 atom stereocenters. The van der Waals surface area contributed by atoms with E-state index < -0.39 is 0 Å². The maximum Gasteiger partial charge on any atom is 0.254 e. The van der Waals surface area contributed by atoms with Crippen LogP contribution in [0.25, 0.3) is 11.3 Å². The van der Waals surface area contributed by atoms with Gasteiger partial charge in [0.15, 0.2) is 0 Å². The average Bonchev–Trinajstić information content (AvgIpc) is 3.33. The molecule has 0 bridgehead atoms. The van der Waals surface area contributed by atoms with E-state index in [2.05, 4.69) is 5.32 Å². The van der Waals surface area contributed by atoms with Crippen molar-refractivity contribution in [2.75, 3.05) is 18.5 Å². The summed E-state index contributed by atoms with van der Waals surface area (Å²) < 4.78 is 11.6. The van der Waals surface area contributed by atoms with Gasteiger partial charge in [0.1, 0.15) is 18.1 Å². The molecule has 6 heteroatoms. The summed E-state index contributed by atoms with van der Waals surface area (Å²) in [6, 6.07) is 27.0. The molecule has 2 amide bonds. The summed E-state index contributed by atoms with van der Waals surface area (Å²) in [5, 5.41) is 2.85. The molecular weight excluding hydrogens is 452 g/mol. The second-order valence-corrected chi connectivity index (χ2v) is 9.01. The van der Waals surface area contributed by atoms with Crippen molar-refractivity contribution in [2.24, 2.45) is 0 Å². The molecule has 1 aliphatic rings. The third kappa shape index (κ3) is 5.56. The van der Waals surface area contributed by atoms with Crippen LogP contribution >= 0.6 is 0 Å². The number of ether oxygens (including phenoxy) is 1. The molecule has 5 rings (SSSR count). The lowest BCUT2D eigenvalue weighted by Crippen LogP contribution is -2.35. The van der Waals surface area contributed by atoms with Gasteiger partial charge in [-0.2, -0.15) is 0 Å². The summed E-state index contributed by atoms with van der Waals surface area (Å²) in [5.74, 6) is 1.52. The highest BCUT2D eigenvalue weighted by Gasteiger charge is 2.25. The molecule has 0 radical (unpaired) electrons. The Balaban J connectivity index is 1.17. The van der Waals surface area contributed by atoms with Crippen LogP contribution in [0.3, 0.4) is 0 Å². The summed E-state index contributed by atoms with van der Waals surface area (Å²) in [6.45, 7) is 3.55. The average molecular weight is 481 g/mol. The number of anilines is 1. The van der Waals surface area contributed by atoms with Crippen LogP contribution < -0.4 is 5.32 Å². The van der Waals surface area contributed by atoms with Crippen molar-refractivity contribution in [2.45, 2.75) is 26.5 Å². The quantitative estimate of drug-likeness (QED) is 0.373. The number of furan rings is 1. The van der Waals surface area contributed by atoms with Crippen molar-refractivity contribution in [1.29, 1.82) is 0 Å². The minimum absolute atomic E-state index is 0.0145. The standard InChI is InChI=1S/C30H28N2O4/c1-21-7-9-24(10-8-21)30(34)32-16-15-27-25(18-32)17-28(36-27)23-11-13-26(14-12-23)31-29(33)20-35-19-22-5-3-2-4-6-22/h2-14,17H,15-16,18-20H2,1H3,(H,31,33). The molecule has 4 aromatic rings. The molecule has 1 aliphatic heterocycles. The number of aryl methyl sites for hydroxylation is 1. The van der Waals surface area contributed by atoms with Crippen LogP contribution in [0.4, 0.5) is 5.69 Å². The Morgan fingerprint density at radius 3 is 2.47 bits per heavy atom. The van der Waals surface area contributed by atoms with Gasteiger partial charge in [-0.1, -0.05) is 48.0 Å². The van der Waals surface area contributed by atoms with Gasteiger partial charge in [0.25, 0.3) is 5.91 Å². The Bertz CT molecular complexity index is 1340. The third-order valence-electron chi connectivity index (χ3n) is 6.25. The molecule has 6 nitrogen and oxygen atoms in total. The topological polar surface area (TPSA) is 71.8 Å². The maximum absolute atomic E-state index is 12.9. The van der Waals surface area contributed by atoms with E-state index in [1.54, 1.807) is 0 Å². The summed E-state index contributed by atoms with van der Waals surface area (Å²) >= 11 is 0. The Morgan fingerprint density at radius 1 is 0.972 bits per heavy atom. The summed E-state index contributed by atoms with van der Waals surface area (Å²) in [6.07, 6.45) is 0.685. The molecule has 182 valence electrons. The molecule has 1 N–H and O–H groups in total. The largest absolute Gasteiger partial charge is 0.461 e. The Labute approximate surface area is 210 Å². The highest BCUT2D eigenvalue weighted by molar-refractivity contribution is 5.94. The second-order valence-electron chi connectivity index (χ2n) is 9.01. The Kier molecular flexibility index (Phi) is 6.96. The van der Waals surface area contributed by atoms with E-state index in [0.717, 1.165) is 33.8 Å². The molecule has 1 aromatic heterocycles. The third-order valence-corrected chi connectivity index (χ3v) is 6.25. The molecule has 0 aliphatic carbocycles. The normalized spacial score (nSPS) is 12.8. The molecule has 0 saturated carbocycles. The number of amides is 2. The fraction of sp³-hybridized carbons (Fsp3) is 0.200. The monoisotopic (exact) mass is 480 g/mol. The number of nitrogens with one attached hydrogen (secondary N) is 1. The van der Waals surface area contributed by atoms with Crippen molar-refractivity contribution in [3.63, 3.8) is 0 Å². The van der Waals surface area contributed by atoms with E-state index in [1.807, 2.05) is 96.8 Å². The lowest BCUT2D eigenvalue weighted by atomic mass is 10.1. The zero-order valence-electron chi connectivity index (χ0n) is 20.2. The van der Waals surface area contributed by atoms with Gasteiger partial charge in [-0.15, -0.1) is 0 Å². The number of carbonyl (C=O) groups is 2. The van der Waals surface area contributed by atoms with Crippen LogP contribution in [0.1, 0.15) is 32.8 Å². The molecule has 3 aromatic carbocycles. The molecular formula is C30H28N2O4. The Morgan fingerprint density at radius 2 is 1.72 bits per heavy atom. The summed E-state index contributed by atoms with van der Waals surface area (Å²) in [5.41, 5.74) is 5.50. The fourth-order valence-electron chi connectivity index (χ4n) is 4.28. The van der Waals surface area contributed by atoms with Crippen LogP contribution in [0, 0.1) is 6.92 Å². The first-order chi connectivity index (χ1) is 17.5. The van der Waals surface area contributed by atoms with Crippen molar-refractivity contribution < 1.29 is 18.7 Å². The smallest absolute Gasteiger partial charge is 0.254 e. The van der Waals surface area contributed by atoms with Gasteiger partial charge in [-0.25, -0.2) is 0 Å². The lowest BCUT2D eigenvalue weighted by Gasteiger charge is -2.26. The van der Waals surface area contributed by atoms with Crippen LogP contribution in [-0.4, -0.2) is 29.9 Å². The number of hydrogen-bond donors (Lipinski definition) is 1. The van der Waals surface area contributed by atoms with Crippen LogP contribution in [0.2, 0.25) is 0 Å². The zero-order valence-corrected chi connectivity index (χ0v) is 20.2. The van der Waals surface area contributed by atoms with Gasteiger partial charge < -0.3 is 19.4 Å². The molecule has 0 unspecified atom stereocenters. The number of nitrogens with zero attached hydrogens (tertiary/aromatic N) is 1.